The van der Waals surface area contributed by atoms with Gasteiger partial charge in [-0.2, -0.15) is 0 Å². The van der Waals surface area contributed by atoms with E-state index in [9.17, 15) is 9.59 Å². The van der Waals surface area contributed by atoms with Gasteiger partial charge in [0.25, 0.3) is 5.91 Å². The molecular formula is C30H31ClN2O3. The number of ether oxygens (including phenoxy) is 1. The Balaban J connectivity index is 1.39. The van der Waals surface area contributed by atoms with Gasteiger partial charge in [0.05, 0.1) is 0 Å². The fourth-order valence-corrected chi connectivity index (χ4v) is 4.25. The number of fused-ring (bicyclic) bond motifs is 1. The van der Waals surface area contributed by atoms with Gasteiger partial charge in [-0.25, -0.2) is 4.79 Å². The molecule has 0 spiro atoms. The molecule has 36 heavy (non-hydrogen) atoms. The fourth-order valence-electron chi connectivity index (χ4n) is 4.12. The molecule has 2 amide bonds. The molecule has 4 rings (SSSR count). The molecule has 186 valence electrons. The van der Waals surface area contributed by atoms with E-state index in [0.717, 1.165) is 35.2 Å². The highest BCUT2D eigenvalue weighted by Gasteiger charge is 2.21. The maximum atomic E-state index is 12.8. The second-order valence-electron chi connectivity index (χ2n) is 10.1. The molecule has 1 aliphatic carbocycles. The highest BCUT2D eigenvalue weighted by molar-refractivity contribution is 6.30. The molecule has 0 saturated heterocycles. The summed E-state index contributed by atoms with van der Waals surface area (Å²) in [5.41, 5.74) is 6.38. The zero-order valence-corrected chi connectivity index (χ0v) is 21.9. The quantitative estimate of drug-likeness (QED) is 0.394. The van der Waals surface area contributed by atoms with E-state index in [4.69, 9.17) is 16.3 Å². The van der Waals surface area contributed by atoms with Crippen molar-refractivity contribution in [3.05, 3.63) is 94.0 Å². The van der Waals surface area contributed by atoms with Gasteiger partial charge in [0.2, 0.25) is 0 Å². The van der Waals surface area contributed by atoms with Crippen LogP contribution < -0.4 is 5.32 Å². The summed E-state index contributed by atoms with van der Waals surface area (Å²) in [6.07, 6.45) is 3.50. The van der Waals surface area contributed by atoms with Crippen molar-refractivity contribution in [2.45, 2.75) is 39.2 Å². The smallest absolute Gasteiger partial charge is 0.410 e. The number of amides is 2. The average Bonchev–Trinajstić information content (AvgIpc) is 2.83. The van der Waals surface area contributed by atoms with Crippen LogP contribution in [0.3, 0.4) is 0 Å². The minimum atomic E-state index is -0.515. The van der Waals surface area contributed by atoms with Crippen LogP contribution in [-0.2, 0) is 11.2 Å². The summed E-state index contributed by atoms with van der Waals surface area (Å²) in [6, 6.07) is 21.1. The Morgan fingerprint density at radius 3 is 2.22 bits per heavy atom. The number of likely N-dealkylation sites (N-methyl/N-ethyl adjacent to an activating group) is 1. The number of carbonyl (C=O) groups excluding carboxylic acids is 2. The van der Waals surface area contributed by atoms with Crippen LogP contribution >= 0.6 is 11.6 Å². The molecule has 3 aromatic rings. The van der Waals surface area contributed by atoms with E-state index in [2.05, 4.69) is 11.4 Å². The monoisotopic (exact) mass is 502 g/mol. The van der Waals surface area contributed by atoms with Gasteiger partial charge >= 0.3 is 6.09 Å². The van der Waals surface area contributed by atoms with Gasteiger partial charge in [-0.05, 0) is 97.8 Å². The Labute approximate surface area is 217 Å². The van der Waals surface area contributed by atoms with E-state index in [1.165, 1.54) is 11.1 Å². The summed E-state index contributed by atoms with van der Waals surface area (Å²) < 4.78 is 5.45. The third kappa shape index (κ3) is 6.55. The second-order valence-corrected chi connectivity index (χ2v) is 10.5. The Morgan fingerprint density at radius 2 is 1.58 bits per heavy atom. The van der Waals surface area contributed by atoms with Gasteiger partial charge in [0.15, 0.2) is 0 Å². The highest BCUT2D eigenvalue weighted by atomic mass is 35.5. The Hall–Kier alpha value is -3.57. The van der Waals surface area contributed by atoms with Gasteiger partial charge in [0, 0.05) is 29.9 Å². The molecule has 0 unspecified atom stereocenters. The largest absolute Gasteiger partial charge is 0.444 e. The molecule has 1 N–H and O–H groups in total. The number of nitrogens with zero attached hydrogens (tertiary/aromatic N) is 1. The molecule has 0 bridgehead atoms. The number of rotatable bonds is 5. The second kappa shape index (κ2) is 10.6. The highest BCUT2D eigenvalue weighted by Crippen LogP contribution is 2.28. The number of nitrogens with one attached hydrogen (secondary N) is 1. The van der Waals surface area contributed by atoms with Gasteiger partial charge < -0.3 is 15.0 Å². The summed E-state index contributed by atoms with van der Waals surface area (Å²) in [4.78, 5) is 26.7. The first-order valence-electron chi connectivity index (χ1n) is 12.0. The van der Waals surface area contributed by atoms with Crippen molar-refractivity contribution in [1.82, 2.24) is 4.90 Å². The summed E-state index contributed by atoms with van der Waals surface area (Å²) in [5, 5.41) is 3.70. The van der Waals surface area contributed by atoms with E-state index in [1.807, 2.05) is 87.5 Å². The number of benzene rings is 3. The maximum Gasteiger partial charge on any atom is 0.410 e. The van der Waals surface area contributed by atoms with Crippen LogP contribution in [0, 0.1) is 0 Å². The van der Waals surface area contributed by atoms with Gasteiger partial charge in [-0.1, -0.05) is 48.0 Å². The lowest BCUT2D eigenvalue weighted by Gasteiger charge is -2.26. The standard InChI is InChI=1S/C30H31ClN2O3/c1-30(2,3)36-29(35)33(4)19-20-5-6-25-18-27(16-13-24(25)17-20)32-28(34)23-9-7-21(8-10-23)22-11-14-26(31)15-12-22/h7-18H,5-6,19H2,1-4H3,(H,32,34). The van der Waals surface area contributed by atoms with E-state index in [0.29, 0.717) is 17.1 Å². The number of aryl methyl sites for hydroxylation is 1. The number of halogens is 1. The fraction of sp³-hybridized carbons (Fsp3) is 0.267. The first-order valence-corrected chi connectivity index (χ1v) is 12.4. The first kappa shape index (κ1) is 25.5. The van der Waals surface area contributed by atoms with Crippen molar-refractivity contribution in [2.75, 3.05) is 18.9 Å². The van der Waals surface area contributed by atoms with Gasteiger partial charge in [0.1, 0.15) is 5.60 Å². The Kier molecular flexibility index (Phi) is 7.51. The van der Waals surface area contributed by atoms with Crippen molar-refractivity contribution in [3.63, 3.8) is 0 Å². The SMILES string of the molecule is CN(CC1=Cc2ccc(NC(=O)c3ccc(-c4ccc(Cl)cc4)cc3)cc2CC1)C(=O)OC(C)(C)C. The molecule has 3 aromatic carbocycles. The molecule has 0 radical (unpaired) electrons. The Morgan fingerprint density at radius 1 is 0.944 bits per heavy atom. The van der Waals surface area contributed by atoms with Crippen LogP contribution in [0.5, 0.6) is 0 Å². The average molecular weight is 503 g/mol. The first-order chi connectivity index (χ1) is 17.1. The van der Waals surface area contributed by atoms with E-state index < -0.39 is 5.60 Å². The van der Waals surface area contributed by atoms with Crippen LogP contribution in [0.4, 0.5) is 10.5 Å². The van der Waals surface area contributed by atoms with Gasteiger partial charge in [-0.3, -0.25) is 4.79 Å². The summed E-state index contributed by atoms with van der Waals surface area (Å²) in [6.45, 7) is 6.11. The van der Waals surface area contributed by atoms with E-state index in [-0.39, 0.29) is 12.0 Å². The lowest BCUT2D eigenvalue weighted by molar-refractivity contribution is 0.0313. The summed E-state index contributed by atoms with van der Waals surface area (Å²) in [5.74, 6) is -0.149. The van der Waals surface area contributed by atoms with Crippen molar-refractivity contribution < 1.29 is 14.3 Å². The van der Waals surface area contributed by atoms with Crippen LogP contribution in [0.15, 0.2) is 72.3 Å². The molecule has 0 heterocycles. The molecule has 0 aliphatic heterocycles. The number of hydrogen-bond acceptors (Lipinski definition) is 3. The number of anilines is 1. The molecule has 0 aromatic heterocycles. The van der Waals surface area contributed by atoms with Crippen LogP contribution in [0.1, 0.15) is 48.7 Å². The molecular weight excluding hydrogens is 472 g/mol. The third-order valence-corrected chi connectivity index (χ3v) is 6.20. The van der Waals surface area contributed by atoms with Gasteiger partial charge in [-0.15, -0.1) is 0 Å². The lowest BCUT2D eigenvalue weighted by Crippen LogP contribution is -2.35. The Bertz CT molecular complexity index is 1290. The van der Waals surface area contributed by atoms with Crippen molar-refractivity contribution >= 4 is 35.4 Å². The normalized spacial score (nSPS) is 12.9. The predicted octanol–water partition coefficient (Wildman–Crippen LogP) is 7.46. The molecule has 0 fully saturated rings. The third-order valence-electron chi connectivity index (χ3n) is 5.95. The predicted molar refractivity (Wildman–Crippen MR) is 146 cm³/mol. The van der Waals surface area contributed by atoms with Crippen LogP contribution in [-0.4, -0.2) is 36.1 Å². The summed E-state index contributed by atoms with van der Waals surface area (Å²) >= 11 is 5.97. The zero-order chi connectivity index (χ0) is 25.9. The topological polar surface area (TPSA) is 58.6 Å². The van der Waals surface area contributed by atoms with Crippen molar-refractivity contribution in [1.29, 1.82) is 0 Å². The van der Waals surface area contributed by atoms with E-state index >= 15 is 0 Å². The minimum Gasteiger partial charge on any atom is -0.444 e. The molecule has 0 saturated carbocycles. The zero-order valence-electron chi connectivity index (χ0n) is 21.1. The maximum absolute atomic E-state index is 12.8. The minimum absolute atomic E-state index is 0.149. The molecule has 6 heteroatoms. The van der Waals surface area contributed by atoms with E-state index in [1.54, 1.807) is 11.9 Å². The van der Waals surface area contributed by atoms with Crippen LogP contribution in [0.2, 0.25) is 5.02 Å². The number of hydrogen-bond donors (Lipinski definition) is 1. The van der Waals surface area contributed by atoms with Crippen molar-refractivity contribution in [2.24, 2.45) is 0 Å². The van der Waals surface area contributed by atoms with Crippen molar-refractivity contribution in [3.8, 4) is 11.1 Å². The summed E-state index contributed by atoms with van der Waals surface area (Å²) in [7, 11) is 1.76. The molecule has 5 nitrogen and oxygen atoms in total. The molecule has 1 aliphatic rings. The lowest BCUT2D eigenvalue weighted by atomic mass is 9.91. The van der Waals surface area contributed by atoms with Crippen LogP contribution in [0.25, 0.3) is 17.2 Å². The number of carbonyl (C=O) groups is 2. The molecule has 0 atom stereocenters.